The summed E-state index contributed by atoms with van der Waals surface area (Å²) in [6, 6.07) is 6.95. The second kappa shape index (κ2) is 8.40. The number of ether oxygens (including phenoxy) is 3. The van der Waals surface area contributed by atoms with Gasteiger partial charge >= 0.3 is 6.03 Å². The molecule has 1 saturated carbocycles. The first kappa shape index (κ1) is 20.3. The highest BCUT2D eigenvalue weighted by Gasteiger charge is 2.47. The maximum atomic E-state index is 12.5. The van der Waals surface area contributed by atoms with E-state index < -0.39 is 0 Å². The largest absolute Gasteiger partial charge is 0.497 e. The molecular formula is C22H33N3O4. The number of carbonyl (C=O) groups excluding carboxylic acids is 1. The van der Waals surface area contributed by atoms with E-state index in [2.05, 4.69) is 16.3 Å². The van der Waals surface area contributed by atoms with Crippen molar-refractivity contribution < 1.29 is 19.0 Å². The van der Waals surface area contributed by atoms with Gasteiger partial charge in [-0.25, -0.2) is 4.79 Å². The quantitative estimate of drug-likeness (QED) is 0.791. The van der Waals surface area contributed by atoms with Crippen LogP contribution in [0.3, 0.4) is 0 Å². The number of carbonyl (C=O) groups is 1. The number of nitrogens with zero attached hydrogens (tertiary/aromatic N) is 2. The molecule has 3 fully saturated rings. The molecule has 0 radical (unpaired) electrons. The highest BCUT2D eigenvalue weighted by atomic mass is 16.5. The SMILES string of the molecule is CNC(=O)N1CC(N(Cc2ccc(OC)cc2OC)C2CC2)CC2(CCOC2)C1. The van der Waals surface area contributed by atoms with Gasteiger partial charge in [-0.2, -0.15) is 0 Å². The standard InChI is InChI=1S/C22H33N3O4/c1-23-21(26)24-13-18(11-22(14-24)8-9-29-15-22)25(17-5-6-17)12-16-4-7-19(27-2)10-20(16)28-3/h4,7,10,17-18H,5-6,8-9,11-15H2,1-3H3,(H,23,26). The zero-order valence-corrected chi connectivity index (χ0v) is 17.8. The van der Waals surface area contributed by atoms with Gasteiger partial charge in [0.2, 0.25) is 0 Å². The first-order valence-corrected chi connectivity index (χ1v) is 10.6. The summed E-state index contributed by atoms with van der Waals surface area (Å²) in [7, 11) is 5.09. The summed E-state index contributed by atoms with van der Waals surface area (Å²) in [6.45, 7) is 3.91. The van der Waals surface area contributed by atoms with Crippen molar-refractivity contribution in [2.75, 3.05) is 47.6 Å². The van der Waals surface area contributed by atoms with Gasteiger partial charge < -0.3 is 24.4 Å². The van der Waals surface area contributed by atoms with Crippen molar-refractivity contribution in [3.05, 3.63) is 23.8 Å². The molecule has 2 aliphatic heterocycles. The lowest BCUT2D eigenvalue weighted by atomic mass is 9.77. The zero-order valence-electron chi connectivity index (χ0n) is 17.8. The van der Waals surface area contributed by atoms with E-state index in [0.717, 1.165) is 62.8 Å². The van der Waals surface area contributed by atoms with Crippen LogP contribution in [0.2, 0.25) is 0 Å². The number of piperidine rings is 1. The molecule has 2 atom stereocenters. The molecular weight excluding hydrogens is 370 g/mol. The Hall–Kier alpha value is -1.99. The Morgan fingerprint density at radius 2 is 2.14 bits per heavy atom. The van der Waals surface area contributed by atoms with Crippen LogP contribution in [0.1, 0.15) is 31.2 Å². The lowest BCUT2D eigenvalue weighted by Crippen LogP contribution is -2.58. The summed E-state index contributed by atoms with van der Waals surface area (Å²) >= 11 is 0. The van der Waals surface area contributed by atoms with Gasteiger partial charge in [0.05, 0.1) is 20.8 Å². The Bertz CT molecular complexity index is 731. The van der Waals surface area contributed by atoms with E-state index in [0.29, 0.717) is 12.1 Å². The summed E-state index contributed by atoms with van der Waals surface area (Å²) in [6.07, 6.45) is 4.55. The van der Waals surface area contributed by atoms with Crippen LogP contribution in [-0.4, -0.2) is 75.5 Å². The van der Waals surface area contributed by atoms with Crippen LogP contribution >= 0.6 is 0 Å². The van der Waals surface area contributed by atoms with Gasteiger partial charge in [-0.1, -0.05) is 6.07 Å². The first-order valence-electron chi connectivity index (χ1n) is 10.6. The van der Waals surface area contributed by atoms with Gasteiger partial charge in [0.15, 0.2) is 0 Å². The van der Waals surface area contributed by atoms with Gasteiger partial charge in [0.25, 0.3) is 0 Å². The van der Waals surface area contributed by atoms with Gasteiger partial charge in [-0.15, -0.1) is 0 Å². The number of nitrogens with one attached hydrogen (secondary N) is 1. The molecule has 2 amide bonds. The van der Waals surface area contributed by atoms with E-state index in [1.54, 1.807) is 21.3 Å². The predicted molar refractivity (Wildman–Crippen MR) is 110 cm³/mol. The average molecular weight is 404 g/mol. The second-order valence-electron chi connectivity index (χ2n) is 8.68. The van der Waals surface area contributed by atoms with Crippen LogP contribution < -0.4 is 14.8 Å². The average Bonchev–Trinajstić information content (AvgIpc) is 3.51. The molecule has 29 heavy (non-hydrogen) atoms. The minimum atomic E-state index is 0.0127. The molecule has 1 N–H and O–H groups in total. The van der Waals surface area contributed by atoms with E-state index >= 15 is 0 Å². The second-order valence-corrected chi connectivity index (χ2v) is 8.68. The smallest absolute Gasteiger partial charge is 0.317 e. The molecule has 4 rings (SSSR count). The van der Waals surface area contributed by atoms with Gasteiger partial charge in [0, 0.05) is 62.4 Å². The Morgan fingerprint density at radius 3 is 2.76 bits per heavy atom. The molecule has 1 aliphatic carbocycles. The van der Waals surface area contributed by atoms with Gasteiger partial charge in [-0.05, 0) is 31.7 Å². The van der Waals surface area contributed by atoms with Crippen LogP contribution in [0.4, 0.5) is 4.79 Å². The van der Waals surface area contributed by atoms with Gasteiger partial charge in [-0.3, -0.25) is 4.90 Å². The summed E-state index contributed by atoms with van der Waals surface area (Å²) in [5, 5.41) is 2.82. The fourth-order valence-electron chi connectivity index (χ4n) is 4.96. The van der Waals surface area contributed by atoms with E-state index in [4.69, 9.17) is 14.2 Å². The molecule has 0 aromatic heterocycles. The Kier molecular flexibility index (Phi) is 5.88. The molecule has 2 saturated heterocycles. The summed E-state index contributed by atoms with van der Waals surface area (Å²) < 4.78 is 16.8. The van der Waals surface area contributed by atoms with Crippen molar-refractivity contribution in [1.82, 2.24) is 15.1 Å². The molecule has 1 aromatic rings. The molecule has 7 nitrogen and oxygen atoms in total. The van der Waals surface area contributed by atoms with Crippen molar-refractivity contribution in [2.24, 2.45) is 5.41 Å². The molecule has 3 aliphatic rings. The summed E-state index contributed by atoms with van der Waals surface area (Å²) in [5.41, 5.74) is 1.24. The number of rotatable bonds is 6. The van der Waals surface area contributed by atoms with E-state index in [1.807, 2.05) is 17.0 Å². The van der Waals surface area contributed by atoms with Crippen LogP contribution in [-0.2, 0) is 11.3 Å². The maximum absolute atomic E-state index is 12.5. The number of likely N-dealkylation sites (tertiary alicyclic amines) is 1. The third-order valence-electron chi connectivity index (χ3n) is 6.64. The topological polar surface area (TPSA) is 63.3 Å². The molecule has 1 aromatic carbocycles. The lowest BCUT2D eigenvalue weighted by Gasteiger charge is -2.47. The number of methoxy groups -OCH3 is 2. The Balaban J connectivity index is 1.58. The fourth-order valence-corrected chi connectivity index (χ4v) is 4.96. The summed E-state index contributed by atoms with van der Waals surface area (Å²) in [5.74, 6) is 1.65. The number of hydrogen-bond donors (Lipinski definition) is 1. The third-order valence-corrected chi connectivity index (χ3v) is 6.64. The lowest BCUT2D eigenvalue weighted by molar-refractivity contribution is 0.0162. The molecule has 1 spiro atoms. The molecule has 0 bridgehead atoms. The van der Waals surface area contributed by atoms with Crippen molar-refractivity contribution in [3.8, 4) is 11.5 Å². The van der Waals surface area contributed by atoms with Gasteiger partial charge in [0.1, 0.15) is 11.5 Å². The fraction of sp³-hybridized carbons (Fsp3) is 0.682. The molecule has 160 valence electrons. The number of urea groups is 1. The first-order chi connectivity index (χ1) is 14.1. The van der Waals surface area contributed by atoms with E-state index in [1.165, 1.54) is 12.8 Å². The van der Waals surface area contributed by atoms with Crippen LogP contribution in [0, 0.1) is 5.41 Å². The minimum absolute atomic E-state index is 0.0127. The molecule has 7 heteroatoms. The molecule has 2 heterocycles. The number of benzene rings is 1. The number of amides is 2. The predicted octanol–water partition coefficient (Wildman–Crippen LogP) is 2.49. The maximum Gasteiger partial charge on any atom is 0.317 e. The van der Waals surface area contributed by atoms with Crippen molar-refractivity contribution >= 4 is 6.03 Å². The summed E-state index contributed by atoms with van der Waals surface area (Å²) in [4.78, 5) is 17.1. The normalized spacial score (nSPS) is 26.8. The van der Waals surface area contributed by atoms with Crippen LogP contribution in [0.25, 0.3) is 0 Å². The minimum Gasteiger partial charge on any atom is -0.497 e. The number of hydrogen-bond acceptors (Lipinski definition) is 5. The van der Waals surface area contributed by atoms with Crippen molar-refractivity contribution in [2.45, 2.75) is 44.3 Å². The molecule has 2 unspecified atom stereocenters. The monoisotopic (exact) mass is 403 g/mol. The van der Waals surface area contributed by atoms with Crippen molar-refractivity contribution in [3.63, 3.8) is 0 Å². The van der Waals surface area contributed by atoms with Crippen LogP contribution in [0.15, 0.2) is 18.2 Å². The zero-order chi connectivity index (χ0) is 20.4. The third kappa shape index (κ3) is 4.31. The Morgan fingerprint density at radius 1 is 1.31 bits per heavy atom. The van der Waals surface area contributed by atoms with Crippen LogP contribution in [0.5, 0.6) is 11.5 Å². The highest BCUT2D eigenvalue weighted by molar-refractivity contribution is 5.74. The van der Waals surface area contributed by atoms with E-state index in [-0.39, 0.29) is 11.4 Å². The van der Waals surface area contributed by atoms with Crippen molar-refractivity contribution in [1.29, 1.82) is 0 Å². The Labute approximate surface area is 173 Å². The highest BCUT2D eigenvalue weighted by Crippen LogP contribution is 2.42. The van der Waals surface area contributed by atoms with E-state index in [9.17, 15) is 4.79 Å².